The van der Waals surface area contributed by atoms with Crippen LogP contribution in [0.25, 0.3) is 0 Å². The van der Waals surface area contributed by atoms with Crippen LogP contribution in [0.3, 0.4) is 0 Å². The zero-order valence-electron chi connectivity index (χ0n) is 15.1. The molecule has 2 aromatic rings. The number of ether oxygens (including phenoxy) is 2. The number of pyridine rings is 1. The van der Waals surface area contributed by atoms with Gasteiger partial charge in [0, 0.05) is 44.5 Å². The Morgan fingerprint density at radius 2 is 2.04 bits per heavy atom. The van der Waals surface area contributed by atoms with Crippen LogP contribution in [0.4, 0.5) is 17.2 Å². The molecule has 1 aromatic heterocycles. The molecule has 0 aliphatic carbocycles. The summed E-state index contributed by atoms with van der Waals surface area (Å²) in [6, 6.07) is 5.91. The third-order valence-electron chi connectivity index (χ3n) is 4.98. The van der Waals surface area contributed by atoms with Gasteiger partial charge < -0.3 is 20.1 Å². The molecule has 0 amide bonds. The number of aromatic nitrogens is 1. The van der Waals surface area contributed by atoms with Gasteiger partial charge in [0.25, 0.3) is 0 Å². The number of anilines is 2. The van der Waals surface area contributed by atoms with Crippen LogP contribution in [0.15, 0.2) is 24.4 Å². The SMILES string of the molecule is Cc1cnc(N)c([N+](=O)[O-])c1N1CCN(Cc2cccc3c2OCO3)CC1. The summed E-state index contributed by atoms with van der Waals surface area (Å²) in [5.41, 5.74) is 8.09. The highest BCUT2D eigenvalue weighted by atomic mass is 16.7. The number of hydrogen-bond donors (Lipinski definition) is 1. The number of piperazine rings is 1. The molecule has 2 aliphatic rings. The Hall–Kier alpha value is -3.07. The minimum absolute atomic E-state index is 0.0416. The molecule has 4 rings (SSSR count). The van der Waals surface area contributed by atoms with Crippen molar-refractivity contribution in [2.24, 2.45) is 0 Å². The average Bonchev–Trinajstić information content (AvgIpc) is 3.14. The van der Waals surface area contributed by atoms with Crippen LogP contribution in [-0.2, 0) is 6.54 Å². The molecule has 0 saturated carbocycles. The van der Waals surface area contributed by atoms with E-state index < -0.39 is 4.92 Å². The predicted octanol–water partition coefficient (Wildman–Crippen LogP) is 1.93. The molecule has 0 unspecified atom stereocenters. The molecule has 0 bridgehead atoms. The van der Waals surface area contributed by atoms with Crippen LogP contribution in [-0.4, -0.2) is 47.8 Å². The Balaban J connectivity index is 1.48. The van der Waals surface area contributed by atoms with E-state index in [0.29, 0.717) is 18.8 Å². The predicted molar refractivity (Wildman–Crippen MR) is 100 cm³/mol. The molecule has 1 aromatic carbocycles. The molecule has 1 fully saturated rings. The van der Waals surface area contributed by atoms with Crippen molar-refractivity contribution in [1.29, 1.82) is 0 Å². The van der Waals surface area contributed by atoms with Gasteiger partial charge in [0.1, 0.15) is 5.69 Å². The standard InChI is InChI=1S/C18H21N5O4/c1-12-9-20-18(19)16(23(24)25)15(12)22-7-5-21(6-8-22)10-13-3-2-4-14-17(13)27-11-26-14/h2-4,9H,5-8,10-11H2,1H3,(H2,19,20). The first-order valence-electron chi connectivity index (χ1n) is 8.79. The summed E-state index contributed by atoms with van der Waals surface area (Å²) in [7, 11) is 0. The van der Waals surface area contributed by atoms with E-state index in [-0.39, 0.29) is 18.3 Å². The van der Waals surface area contributed by atoms with E-state index >= 15 is 0 Å². The number of para-hydroxylation sites is 1. The number of aryl methyl sites for hydroxylation is 1. The van der Waals surface area contributed by atoms with Crippen LogP contribution in [0.5, 0.6) is 11.5 Å². The lowest BCUT2D eigenvalue weighted by atomic mass is 10.1. The van der Waals surface area contributed by atoms with Crippen LogP contribution < -0.4 is 20.1 Å². The van der Waals surface area contributed by atoms with Gasteiger partial charge in [0.2, 0.25) is 12.6 Å². The molecule has 27 heavy (non-hydrogen) atoms. The minimum Gasteiger partial charge on any atom is -0.454 e. The molecule has 0 radical (unpaired) electrons. The summed E-state index contributed by atoms with van der Waals surface area (Å²) in [5.74, 6) is 1.55. The number of nitrogen functional groups attached to an aromatic ring is 1. The van der Waals surface area contributed by atoms with Gasteiger partial charge >= 0.3 is 5.69 Å². The van der Waals surface area contributed by atoms with E-state index in [1.54, 1.807) is 6.20 Å². The highest BCUT2D eigenvalue weighted by molar-refractivity contribution is 5.75. The van der Waals surface area contributed by atoms with Crippen molar-refractivity contribution in [3.05, 3.63) is 45.6 Å². The summed E-state index contributed by atoms with van der Waals surface area (Å²) in [6.45, 7) is 5.75. The zero-order chi connectivity index (χ0) is 19.0. The van der Waals surface area contributed by atoms with E-state index in [1.807, 2.05) is 30.0 Å². The van der Waals surface area contributed by atoms with Gasteiger partial charge in [0.15, 0.2) is 11.5 Å². The Labute approximate surface area is 156 Å². The van der Waals surface area contributed by atoms with Gasteiger partial charge in [-0.25, -0.2) is 4.98 Å². The number of hydrogen-bond acceptors (Lipinski definition) is 8. The van der Waals surface area contributed by atoms with E-state index in [4.69, 9.17) is 15.2 Å². The molecule has 2 aliphatic heterocycles. The maximum absolute atomic E-state index is 11.5. The van der Waals surface area contributed by atoms with Crippen LogP contribution in [0.2, 0.25) is 0 Å². The first-order valence-corrected chi connectivity index (χ1v) is 8.79. The fraction of sp³-hybridized carbons (Fsp3) is 0.389. The monoisotopic (exact) mass is 371 g/mol. The van der Waals surface area contributed by atoms with Gasteiger partial charge in [-0.1, -0.05) is 12.1 Å². The number of benzene rings is 1. The summed E-state index contributed by atoms with van der Waals surface area (Å²) >= 11 is 0. The molecular weight excluding hydrogens is 350 g/mol. The van der Waals surface area contributed by atoms with Gasteiger partial charge in [-0.05, 0) is 18.6 Å². The highest BCUT2D eigenvalue weighted by Gasteiger charge is 2.29. The molecule has 9 heteroatoms. The molecule has 142 valence electrons. The normalized spacial score (nSPS) is 16.6. The van der Waals surface area contributed by atoms with Gasteiger partial charge in [0.05, 0.1) is 4.92 Å². The molecule has 0 atom stereocenters. The minimum atomic E-state index is -0.443. The smallest absolute Gasteiger partial charge is 0.334 e. The van der Waals surface area contributed by atoms with Gasteiger partial charge in [-0.2, -0.15) is 0 Å². The Morgan fingerprint density at radius 1 is 1.26 bits per heavy atom. The lowest BCUT2D eigenvalue weighted by molar-refractivity contribution is -0.383. The van der Waals surface area contributed by atoms with Crippen molar-refractivity contribution in [3.8, 4) is 11.5 Å². The van der Waals surface area contributed by atoms with Crippen LogP contribution in [0, 0.1) is 17.0 Å². The number of nitrogens with two attached hydrogens (primary N) is 1. The van der Waals surface area contributed by atoms with Gasteiger partial charge in [-0.15, -0.1) is 0 Å². The van der Waals surface area contributed by atoms with Crippen molar-refractivity contribution in [2.45, 2.75) is 13.5 Å². The van der Waals surface area contributed by atoms with E-state index in [9.17, 15) is 10.1 Å². The largest absolute Gasteiger partial charge is 0.454 e. The molecule has 9 nitrogen and oxygen atoms in total. The van der Waals surface area contributed by atoms with Crippen LogP contribution >= 0.6 is 0 Å². The summed E-state index contributed by atoms with van der Waals surface area (Å²) < 4.78 is 11.0. The topological polar surface area (TPSA) is 107 Å². The highest BCUT2D eigenvalue weighted by Crippen LogP contribution is 2.37. The van der Waals surface area contributed by atoms with E-state index in [1.165, 1.54) is 0 Å². The second kappa shape index (κ2) is 6.92. The number of nitro groups is 1. The molecular formula is C18H21N5O4. The van der Waals surface area contributed by atoms with Crippen LogP contribution in [0.1, 0.15) is 11.1 Å². The quantitative estimate of drug-likeness (QED) is 0.642. The van der Waals surface area contributed by atoms with Crippen molar-refractivity contribution in [2.75, 3.05) is 43.6 Å². The zero-order valence-corrected chi connectivity index (χ0v) is 15.1. The maximum Gasteiger partial charge on any atom is 0.334 e. The lowest BCUT2D eigenvalue weighted by Gasteiger charge is -2.36. The Bertz CT molecular complexity index is 880. The number of nitrogens with zero attached hydrogens (tertiary/aromatic N) is 4. The van der Waals surface area contributed by atoms with Crippen molar-refractivity contribution >= 4 is 17.2 Å². The fourth-order valence-corrected chi connectivity index (χ4v) is 3.66. The summed E-state index contributed by atoms with van der Waals surface area (Å²) in [6.07, 6.45) is 1.59. The number of rotatable bonds is 4. The van der Waals surface area contributed by atoms with E-state index in [0.717, 1.165) is 42.3 Å². The second-order valence-electron chi connectivity index (χ2n) is 6.69. The van der Waals surface area contributed by atoms with Crippen molar-refractivity contribution < 1.29 is 14.4 Å². The number of fused-ring (bicyclic) bond motifs is 1. The molecule has 3 heterocycles. The lowest BCUT2D eigenvalue weighted by Crippen LogP contribution is -2.46. The first kappa shape index (κ1) is 17.3. The molecule has 0 spiro atoms. The third-order valence-corrected chi connectivity index (χ3v) is 4.98. The fourth-order valence-electron chi connectivity index (χ4n) is 3.66. The maximum atomic E-state index is 11.5. The van der Waals surface area contributed by atoms with E-state index in [2.05, 4.69) is 9.88 Å². The summed E-state index contributed by atoms with van der Waals surface area (Å²) in [5, 5.41) is 11.5. The Kier molecular flexibility index (Phi) is 4.44. The molecule has 2 N–H and O–H groups in total. The van der Waals surface area contributed by atoms with Gasteiger partial charge in [-0.3, -0.25) is 15.0 Å². The average molecular weight is 371 g/mol. The van der Waals surface area contributed by atoms with Crippen molar-refractivity contribution in [3.63, 3.8) is 0 Å². The second-order valence-corrected chi connectivity index (χ2v) is 6.69. The molecule has 1 saturated heterocycles. The third kappa shape index (κ3) is 3.21. The Morgan fingerprint density at radius 3 is 2.78 bits per heavy atom. The first-order chi connectivity index (χ1) is 13.0. The van der Waals surface area contributed by atoms with Crippen molar-refractivity contribution in [1.82, 2.24) is 9.88 Å². The summed E-state index contributed by atoms with van der Waals surface area (Å²) in [4.78, 5) is 19.3.